The standard InChI is InChI=1S/C12H25N3O3/c1-4-9(5-6-16)15-10(17)7-14-12(18)11(13)8(2)3/h8-9,11,16H,4-7,13H2,1-3H3,(H,14,18)(H,15,17)/t9?,11-/m0/s1. The van der Waals surface area contributed by atoms with Gasteiger partial charge in [0.1, 0.15) is 0 Å². The Morgan fingerprint density at radius 2 is 1.94 bits per heavy atom. The predicted octanol–water partition coefficient (Wildman–Crippen LogP) is -0.637. The number of hydrogen-bond acceptors (Lipinski definition) is 4. The van der Waals surface area contributed by atoms with Gasteiger partial charge in [0.25, 0.3) is 0 Å². The SMILES string of the molecule is CCC(CCO)NC(=O)CNC(=O)[C@@H](N)C(C)C. The average molecular weight is 259 g/mol. The summed E-state index contributed by atoms with van der Waals surface area (Å²) in [5, 5.41) is 14.0. The van der Waals surface area contributed by atoms with Crippen LogP contribution in [0.2, 0.25) is 0 Å². The van der Waals surface area contributed by atoms with Gasteiger partial charge >= 0.3 is 0 Å². The van der Waals surface area contributed by atoms with Crippen molar-refractivity contribution < 1.29 is 14.7 Å². The summed E-state index contributed by atoms with van der Waals surface area (Å²) >= 11 is 0. The van der Waals surface area contributed by atoms with E-state index in [-0.39, 0.29) is 36.9 Å². The summed E-state index contributed by atoms with van der Waals surface area (Å²) in [5.41, 5.74) is 5.64. The van der Waals surface area contributed by atoms with Crippen molar-refractivity contribution in [2.75, 3.05) is 13.2 Å². The average Bonchev–Trinajstić information content (AvgIpc) is 2.34. The second-order valence-corrected chi connectivity index (χ2v) is 4.67. The summed E-state index contributed by atoms with van der Waals surface area (Å²) in [7, 11) is 0. The van der Waals surface area contributed by atoms with Gasteiger partial charge < -0.3 is 21.5 Å². The Labute approximate surface area is 108 Å². The van der Waals surface area contributed by atoms with E-state index in [1.165, 1.54) is 0 Å². The Balaban J connectivity index is 3.99. The smallest absolute Gasteiger partial charge is 0.239 e. The molecule has 2 amide bonds. The number of nitrogens with two attached hydrogens (primary N) is 1. The van der Waals surface area contributed by atoms with Crippen molar-refractivity contribution in [1.82, 2.24) is 10.6 Å². The van der Waals surface area contributed by atoms with E-state index in [0.29, 0.717) is 6.42 Å². The van der Waals surface area contributed by atoms with Gasteiger partial charge in [0.2, 0.25) is 11.8 Å². The van der Waals surface area contributed by atoms with Crippen molar-refractivity contribution >= 4 is 11.8 Å². The van der Waals surface area contributed by atoms with E-state index < -0.39 is 6.04 Å². The molecular formula is C12H25N3O3. The maximum atomic E-state index is 11.5. The van der Waals surface area contributed by atoms with Crippen LogP contribution in [0.25, 0.3) is 0 Å². The molecule has 0 aromatic rings. The van der Waals surface area contributed by atoms with Gasteiger partial charge in [-0.3, -0.25) is 9.59 Å². The highest BCUT2D eigenvalue weighted by Crippen LogP contribution is 1.98. The molecule has 1 unspecified atom stereocenters. The van der Waals surface area contributed by atoms with Crippen LogP contribution in [-0.4, -0.2) is 42.2 Å². The minimum absolute atomic E-state index is 0.0311. The van der Waals surface area contributed by atoms with Gasteiger partial charge in [0, 0.05) is 12.6 Å². The molecule has 0 radical (unpaired) electrons. The van der Waals surface area contributed by atoms with E-state index in [2.05, 4.69) is 10.6 Å². The molecule has 0 aromatic heterocycles. The van der Waals surface area contributed by atoms with Crippen LogP contribution in [0.3, 0.4) is 0 Å². The molecule has 0 spiro atoms. The minimum atomic E-state index is -0.600. The lowest BCUT2D eigenvalue weighted by Gasteiger charge is -2.18. The second kappa shape index (κ2) is 8.88. The molecule has 0 aliphatic rings. The van der Waals surface area contributed by atoms with Crippen LogP contribution in [0.15, 0.2) is 0 Å². The van der Waals surface area contributed by atoms with Crippen molar-refractivity contribution in [2.24, 2.45) is 11.7 Å². The number of nitrogens with one attached hydrogen (secondary N) is 2. The van der Waals surface area contributed by atoms with Gasteiger partial charge in [-0.05, 0) is 18.8 Å². The van der Waals surface area contributed by atoms with E-state index in [1.807, 2.05) is 20.8 Å². The fourth-order valence-corrected chi connectivity index (χ4v) is 1.40. The van der Waals surface area contributed by atoms with Crippen LogP contribution in [0, 0.1) is 5.92 Å². The van der Waals surface area contributed by atoms with Gasteiger partial charge in [-0.1, -0.05) is 20.8 Å². The zero-order valence-corrected chi connectivity index (χ0v) is 11.4. The first kappa shape index (κ1) is 16.9. The molecule has 0 saturated carbocycles. The molecule has 0 fully saturated rings. The summed E-state index contributed by atoms with van der Waals surface area (Å²) in [6, 6.07) is -0.657. The number of aliphatic hydroxyl groups is 1. The minimum Gasteiger partial charge on any atom is -0.396 e. The lowest BCUT2D eigenvalue weighted by atomic mass is 10.1. The van der Waals surface area contributed by atoms with Crippen LogP contribution < -0.4 is 16.4 Å². The highest BCUT2D eigenvalue weighted by molar-refractivity contribution is 5.87. The van der Waals surface area contributed by atoms with Crippen LogP contribution in [0.5, 0.6) is 0 Å². The van der Waals surface area contributed by atoms with Gasteiger partial charge in [-0.25, -0.2) is 0 Å². The highest BCUT2D eigenvalue weighted by Gasteiger charge is 2.18. The Bertz CT molecular complexity index is 269. The first-order chi connectivity index (χ1) is 8.42. The van der Waals surface area contributed by atoms with E-state index >= 15 is 0 Å². The topological polar surface area (TPSA) is 104 Å². The van der Waals surface area contributed by atoms with Crippen molar-refractivity contribution in [3.8, 4) is 0 Å². The molecule has 106 valence electrons. The third-order valence-corrected chi connectivity index (χ3v) is 2.78. The summed E-state index contributed by atoms with van der Waals surface area (Å²) in [4.78, 5) is 23.0. The zero-order chi connectivity index (χ0) is 14.1. The maximum absolute atomic E-state index is 11.5. The van der Waals surface area contributed by atoms with E-state index in [4.69, 9.17) is 10.8 Å². The summed E-state index contributed by atoms with van der Waals surface area (Å²) in [5.74, 6) is -0.555. The quantitative estimate of drug-likeness (QED) is 0.465. The summed E-state index contributed by atoms with van der Waals surface area (Å²) in [6.45, 7) is 5.57. The Morgan fingerprint density at radius 3 is 2.39 bits per heavy atom. The lowest BCUT2D eigenvalue weighted by molar-refractivity contribution is -0.127. The highest BCUT2D eigenvalue weighted by atomic mass is 16.3. The molecule has 6 heteroatoms. The molecule has 0 aliphatic carbocycles. The van der Waals surface area contributed by atoms with Crippen molar-refractivity contribution in [1.29, 1.82) is 0 Å². The van der Waals surface area contributed by atoms with Gasteiger partial charge in [0.05, 0.1) is 12.6 Å². The fraction of sp³-hybridized carbons (Fsp3) is 0.833. The van der Waals surface area contributed by atoms with Crippen molar-refractivity contribution in [2.45, 2.75) is 45.7 Å². The normalized spacial score (nSPS) is 14.1. The third kappa shape index (κ3) is 6.56. The molecular weight excluding hydrogens is 234 g/mol. The first-order valence-electron chi connectivity index (χ1n) is 6.35. The van der Waals surface area contributed by atoms with Gasteiger partial charge in [-0.2, -0.15) is 0 Å². The van der Waals surface area contributed by atoms with E-state index in [0.717, 1.165) is 6.42 Å². The Morgan fingerprint density at radius 1 is 1.33 bits per heavy atom. The van der Waals surface area contributed by atoms with Crippen molar-refractivity contribution in [3.05, 3.63) is 0 Å². The van der Waals surface area contributed by atoms with Crippen LogP contribution in [0.1, 0.15) is 33.6 Å². The Kier molecular flexibility index (Phi) is 8.32. The molecule has 18 heavy (non-hydrogen) atoms. The third-order valence-electron chi connectivity index (χ3n) is 2.78. The first-order valence-corrected chi connectivity index (χ1v) is 6.35. The molecule has 0 heterocycles. The number of aliphatic hydroxyl groups excluding tert-OH is 1. The number of carbonyl (C=O) groups excluding carboxylic acids is 2. The van der Waals surface area contributed by atoms with E-state index in [1.54, 1.807) is 0 Å². The fourth-order valence-electron chi connectivity index (χ4n) is 1.40. The maximum Gasteiger partial charge on any atom is 0.239 e. The van der Waals surface area contributed by atoms with E-state index in [9.17, 15) is 9.59 Å². The van der Waals surface area contributed by atoms with Gasteiger partial charge in [0.15, 0.2) is 0 Å². The molecule has 0 aliphatic heterocycles. The number of hydrogen-bond donors (Lipinski definition) is 4. The number of amides is 2. The van der Waals surface area contributed by atoms with Crippen LogP contribution >= 0.6 is 0 Å². The Hall–Kier alpha value is -1.14. The monoisotopic (exact) mass is 259 g/mol. The molecule has 0 rings (SSSR count). The second-order valence-electron chi connectivity index (χ2n) is 4.67. The summed E-state index contributed by atoms with van der Waals surface area (Å²) in [6.07, 6.45) is 1.26. The molecule has 6 nitrogen and oxygen atoms in total. The molecule has 5 N–H and O–H groups in total. The molecule has 0 saturated heterocycles. The summed E-state index contributed by atoms with van der Waals surface area (Å²) < 4.78 is 0. The number of rotatable bonds is 8. The van der Waals surface area contributed by atoms with Crippen LogP contribution in [0.4, 0.5) is 0 Å². The van der Waals surface area contributed by atoms with Crippen LogP contribution in [-0.2, 0) is 9.59 Å². The molecule has 0 aromatic carbocycles. The van der Waals surface area contributed by atoms with Crippen molar-refractivity contribution in [3.63, 3.8) is 0 Å². The predicted molar refractivity (Wildman–Crippen MR) is 69.7 cm³/mol. The number of carbonyl (C=O) groups is 2. The molecule has 0 bridgehead atoms. The molecule has 2 atom stereocenters. The largest absolute Gasteiger partial charge is 0.396 e. The van der Waals surface area contributed by atoms with Gasteiger partial charge in [-0.15, -0.1) is 0 Å². The lowest BCUT2D eigenvalue weighted by Crippen LogP contribution is -2.48. The zero-order valence-electron chi connectivity index (χ0n) is 11.4.